The third-order valence-corrected chi connectivity index (χ3v) is 7.61. The lowest BCUT2D eigenvalue weighted by Gasteiger charge is -2.15. The molecule has 0 aliphatic carbocycles. The van der Waals surface area contributed by atoms with Gasteiger partial charge in [0.15, 0.2) is 11.5 Å². The molecule has 1 fully saturated rings. The summed E-state index contributed by atoms with van der Waals surface area (Å²) in [6.07, 6.45) is 1.58. The highest BCUT2D eigenvalue weighted by Gasteiger charge is 2.36. The molecule has 39 heavy (non-hydrogen) atoms. The molecule has 11 heteroatoms. The third kappa shape index (κ3) is 7.36. The predicted octanol–water partition coefficient (Wildman–Crippen LogP) is 7.72. The number of nitrogens with zero attached hydrogens (tertiary/aromatic N) is 1. The normalized spacial score (nSPS) is 14.2. The van der Waals surface area contributed by atoms with Crippen molar-refractivity contribution in [2.24, 2.45) is 0 Å². The van der Waals surface area contributed by atoms with Gasteiger partial charge >= 0.3 is 0 Å². The van der Waals surface area contributed by atoms with Crippen LogP contribution in [-0.4, -0.2) is 35.1 Å². The molecule has 1 aliphatic rings. The minimum Gasteiger partial charge on any atom is -0.490 e. The average molecular weight is 650 g/mol. The summed E-state index contributed by atoms with van der Waals surface area (Å²) in [5.41, 5.74) is 2.99. The van der Waals surface area contributed by atoms with Crippen molar-refractivity contribution < 1.29 is 23.9 Å². The average Bonchev–Trinajstić information content (AvgIpc) is 3.13. The molecule has 3 aromatic rings. The van der Waals surface area contributed by atoms with E-state index in [4.69, 9.17) is 32.7 Å². The largest absolute Gasteiger partial charge is 0.490 e. The van der Waals surface area contributed by atoms with Gasteiger partial charge in [-0.25, -0.2) is 0 Å². The van der Waals surface area contributed by atoms with E-state index in [9.17, 15) is 14.4 Å². The first-order valence-electron chi connectivity index (χ1n) is 11.8. The number of ether oxygens (including phenoxy) is 2. The first-order chi connectivity index (χ1) is 18.6. The van der Waals surface area contributed by atoms with Gasteiger partial charge in [-0.05, 0) is 89.6 Å². The van der Waals surface area contributed by atoms with E-state index in [2.05, 4.69) is 21.2 Å². The second-order valence-corrected chi connectivity index (χ2v) is 11.2. The number of halogens is 3. The monoisotopic (exact) mass is 648 g/mol. The molecule has 4 rings (SSSR count). The maximum Gasteiger partial charge on any atom is 0.294 e. The fraction of sp³-hybridized carbons (Fsp3) is 0.179. The van der Waals surface area contributed by atoms with E-state index < -0.39 is 17.1 Å². The molecule has 1 N–H and O–H groups in total. The van der Waals surface area contributed by atoms with E-state index in [-0.39, 0.29) is 18.1 Å². The van der Waals surface area contributed by atoms with E-state index in [1.54, 1.807) is 48.5 Å². The first kappa shape index (κ1) is 29.0. The number of nitrogens with one attached hydrogen (secondary N) is 1. The summed E-state index contributed by atoms with van der Waals surface area (Å²) in [4.78, 5) is 39.1. The highest BCUT2D eigenvalue weighted by Crippen LogP contribution is 2.40. The molecule has 0 radical (unpaired) electrons. The van der Waals surface area contributed by atoms with Crippen LogP contribution < -0.4 is 14.8 Å². The zero-order chi connectivity index (χ0) is 28.1. The summed E-state index contributed by atoms with van der Waals surface area (Å²) >= 11 is 16.5. The van der Waals surface area contributed by atoms with E-state index in [1.807, 2.05) is 26.0 Å². The molecular weight excluding hydrogens is 627 g/mol. The Morgan fingerprint density at radius 2 is 1.82 bits per heavy atom. The summed E-state index contributed by atoms with van der Waals surface area (Å²) in [5.74, 6) is -0.109. The first-order valence-corrected chi connectivity index (χ1v) is 14.2. The fourth-order valence-electron chi connectivity index (χ4n) is 3.63. The summed E-state index contributed by atoms with van der Waals surface area (Å²) in [7, 11) is 0. The number of imide groups is 1. The molecule has 0 unspecified atom stereocenters. The quantitative estimate of drug-likeness (QED) is 0.239. The lowest BCUT2D eigenvalue weighted by atomic mass is 10.1. The number of anilines is 1. The van der Waals surface area contributed by atoms with Crippen molar-refractivity contribution in [2.75, 3.05) is 18.5 Å². The van der Waals surface area contributed by atoms with Gasteiger partial charge < -0.3 is 14.8 Å². The van der Waals surface area contributed by atoms with E-state index >= 15 is 0 Å². The van der Waals surface area contributed by atoms with Crippen molar-refractivity contribution in [3.05, 3.63) is 90.7 Å². The Morgan fingerprint density at radius 1 is 1.08 bits per heavy atom. The molecule has 1 heterocycles. The van der Waals surface area contributed by atoms with Gasteiger partial charge in [0.25, 0.3) is 11.1 Å². The maximum absolute atomic E-state index is 13.0. The standard InChI is InChI=1S/C28H23BrCl2N2O5S/c1-3-37-23-11-17(10-21(29)26(23)38-15-18-6-7-19(30)13-22(18)31)12-24-27(35)33(28(36)39-24)14-25(34)32-20-8-4-16(2)5-9-20/h4-13H,3,14-15H2,1-2H3,(H,32,34)/b24-12-. The Bertz CT molecular complexity index is 1460. The zero-order valence-electron chi connectivity index (χ0n) is 20.9. The summed E-state index contributed by atoms with van der Waals surface area (Å²) in [6, 6.07) is 15.8. The number of thioether (sulfide) groups is 1. The maximum atomic E-state index is 13.0. The number of carbonyl (C=O) groups excluding carboxylic acids is 3. The van der Waals surface area contributed by atoms with E-state index in [0.29, 0.717) is 43.9 Å². The Balaban J connectivity index is 1.49. The number of hydrogen-bond donors (Lipinski definition) is 1. The zero-order valence-corrected chi connectivity index (χ0v) is 24.8. The second-order valence-electron chi connectivity index (χ2n) is 8.47. The molecule has 1 saturated heterocycles. The molecule has 0 saturated carbocycles. The molecule has 202 valence electrons. The van der Waals surface area contributed by atoms with Gasteiger partial charge in [-0.15, -0.1) is 0 Å². The highest BCUT2D eigenvalue weighted by molar-refractivity contribution is 9.10. The third-order valence-electron chi connectivity index (χ3n) is 5.53. The summed E-state index contributed by atoms with van der Waals surface area (Å²) in [5, 5.41) is 3.19. The van der Waals surface area contributed by atoms with E-state index in [1.165, 1.54) is 0 Å². The Hall–Kier alpha value is -2.98. The van der Waals surface area contributed by atoms with Crippen LogP contribution >= 0.6 is 50.9 Å². The van der Waals surface area contributed by atoms with Crippen LogP contribution in [0.15, 0.2) is 64.0 Å². The second kappa shape index (κ2) is 12.9. The van der Waals surface area contributed by atoms with Gasteiger partial charge in [0.05, 0.1) is 16.0 Å². The van der Waals surface area contributed by atoms with Crippen LogP contribution in [0.1, 0.15) is 23.6 Å². The molecular formula is C28H23BrCl2N2O5S. The highest BCUT2D eigenvalue weighted by atomic mass is 79.9. The van der Waals surface area contributed by atoms with Crippen molar-refractivity contribution in [1.82, 2.24) is 4.90 Å². The van der Waals surface area contributed by atoms with Gasteiger partial charge in [-0.3, -0.25) is 19.3 Å². The minimum atomic E-state index is -0.546. The Labute approximate surface area is 248 Å². The van der Waals surface area contributed by atoms with Crippen molar-refractivity contribution in [1.29, 1.82) is 0 Å². The summed E-state index contributed by atoms with van der Waals surface area (Å²) in [6.45, 7) is 3.95. The van der Waals surface area contributed by atoms with Crippen LogP contribution in [0.4, 0.5) is 10.5 Å². The molecule has 0 atom stereocenters. The van der Waals surface area contributed by atoms with Gasteiger partial charge in [-0.2, -0.15) is 0 Å². The number of carbonyl (C=O) groups is 3. The number of rotatable bonds is 9. The van der Waals surface area contributed by atoms with Crippen molar-refractivity contribution >= 4 is 79.7 Å². The van der Waals surface area contributed by atoms with Crippen LogP contribution in [0.2, 0.25) is 10.0 Å². The molecule has 1 aliphatic heterocycles. The van der Waals surface area contributed by atoms with Gasteiger partial charge in [0.2, 0.25) is 5.91 Å². The van der Waals surface area contributed by atoms with Crippen molar-refractivity contribution in [3.63, 3.8) is 0 Å². The van der Waals surface area contributed by atoms with E-state index in [0.717, 1.165) is 27.8 Å². The van der Waals surface area contributed by atoms with Crippen molar-refractivity contribution in [3.8, 4) is 11.5 Å². The Morgan fingerprint density at radius 3 is 2.51 bits per heavy atom. The smallest absolute Gasteiger partial charge is 0.294 e. The van der Waals surface area contributed by atoms with Crippen LogP contribution in [0.25, 0.3) is 6.08 Å². The number of hydrogen-bond acceptors (Lipinski definition) is 6. The van der Waals surface area contributed by atoms with Crippen LogP contribution in [0.3, 0.4) is 0 Å². The lowest BCUT2D eigenvalue weighted by molar-refractivity contribution is -0.127. The van der Waals surface area contributed by atoms with Gasteiger partial charge in [0.1, 0.15) is 13.2 Å². The number of amides is 3. The number of aryl methyl sites for hydroxylation is 1. The molecule has 0 aromatic heterocycles. The lowest BCUT2D eigenvalue weighted by Crippen LogP contribution is -2.36. The molecule has 0 bridgehead atoms. The van der Waals surface area contributed by atoms with Crippen LogP contribution in [-0.2, 0) is 16.2 Å². The van der Waals surface area contributed by atoms with Gasteiger partial charge in [-0.1, -0.05) is 47.0 Å². The summed E-state index contributed by atoms with van der Waals surface area (Å²) < 4.78 is 12.4. The molecule has 3 aromatic carbocycles. The molecule has 7 nitrogen and oxygen atoms in total. The van der Waals surface area contributed by atoms with Crippen LogP contribution in [0.5, 0.6) is 11.5 Å². The molecule has 3 amide bonds. The SMILES string of the molecule is CCOc1cc(/C=C2\SC(=O)N(CC(=O)Nc3ccc(C)cc3)C2=O)cc(Br)c1OCc1ccc(Cl)cc1Cl. The molecule has 0 spiro atoms. The van der Waals surface area contributed by atoms with Crippen LogP contribution in [0, 0.1) is 6.92 Å². The predicted molar refractivity (Wildman–Crippen MR) is 159 cm³/mol. The van der Waals surface area contributed by atoms with Crippen molar-refractivity contribution in [2.45, 2.75) is 20.5 Å². The van der Waals surface area contributed by atoms with Gasteiger partial charge in [0, 0.05) is 21.3 Å². The minimum absolute atomic E-state index is 0.178. The fourth-order valence-corrected chi connectivity index (χ4v) is 5.51. The number of benzene rings is 3. The Kier molecular flexibility index (Phi) is 9.61. The topological polar surface area (TPSA) is 84.9 Å².